The highest BCUT2D eigenvalue weighted by Crippen LogP contribution is 2.17. The van der Waals surface area contributed by atoms with Crippen LogP contribution in [0.5, 0.6) is 0 Å². The highest BCUT2D eigenvalue weighted by molar-refractivity contribution is 5.10. The smallest absolute Gasteiger partial charge is 0.141 e. The lowest BCUT2D eigenvalue weighted by atomic mass is 10.1. The minimum absolute atomic E-state index is 0.130. The number of rotatable bonds is 6. The zero-order valence-corrected chi connectivity index (χ0v) is 12.1. The molecule has 1 aliphatic rings. The van der Waals surface area contributed by atoms with Gasteiger partial charge in [0.2, 0.25) is 0 Å². The summed E-state index contributed by atoms with van der Waals surface area (Å²) in [4.78, 5) is 6.55. The first-order valence-corrected chi connectivity index (χ1v) is 7.44. The standard InChI is InChI=1S/C15H24FN3O/c1-2-17-15(14-4-3-12(16)11-18-14)7-10-19-8-5-13(20)6-9-19/h3-4,11,13,15,17,20H,2,5-10H2,1H3. The second kappa shape index (κ2) is 7.67. The molecule has 1 aromatic heterocycles. The van der Waals surface area contributed by atoms with E-state index >= 15 is 0 Å². The summed E-state index contributed by atoms with van der Waals surface area (Å²) in [6, 6.07) is 3.37. The van der Waals surface area contributed by atoms with E-state index in [1.807, 2.05) is 0 Å². The fourth-order valence-electron chi connectivity index (χ4n) is 2.65. The molecule has 1 fully saturated rings. The predicted molar refractivity (Wildman–Crippen MR) is 76.9 cm³/mol. The summed E-state index contributed by atoms with van der Waals surface area (Å²) in [5.41, 5.74) is 0.894. The van der Waals surface area contributed by atoms with Crippen molar-refractivity contribution in [3.8, 4) is 0 Å². The minimum atomic E-state index is -0.297. The van der Waals surface area contributed by atoms with E-state index in [9.17, 15) is 9.50 Å². The molecule has 1 saturated heterocycles. The maximum absolute atomic E-state index is 12.9. The summed E-state index contributed by atoms with van der Waals surface area (Å²) in [5.74, 6) is -0.297. The van der Waals surface area contributed by atoms with E-state index in [0.29, 0.717) is 0 Å². The van der Waals surface area contributed by atoms with Crippen molar-refractivity contribution in [1.29, 1.82) is 0 Å². The molecule has 20 heavy (non-hydrogen) atoms. The topological polar surface area (TPSA) is 48.4 Å². The van der Waals surface area contributed by atoms with Gasteiger partial charge < -0.3 is 15.3 Å². The number of likely N-dealkylation sites (tertiary alicyclic amines) is 1. The molecule has 0 aliphatic carbocycles. The van der Waals surface area contributed by atoms with E-state index in [0.717, 1.165) is 51.1 Å². The van der Waals surface area contributed by atoms with Gasteiger partial charge >= 0.3 is 0 Å². The molecule has 1 aromatic rings. The normalized spacial score (nSPS) is 19.1. The predicted octanol–water partition coefficient (Wildman–Crippen LogP) is 1.72. The zero-order chi connectivity index (χ0) is 14.4. The summed E-state index contributed by atoms with van der Waals surface area (Å²) in [7, 11) is 0. The van der Waals surface area contributed by atoms with Gasteiger partial charge in [-0.2, -0.15) is 0 Å². The quantitative estimate of drug-likeness (QED) is 0.833. The number of nitrogens with zero attached hydrogens (tertiary/aromatic N) is 2. The summed E-state index contributed by atoms with van der Waals surface area (Å²) in [5, 5.41) is 12.9. The van der Waals surface area contributed by atoms with Gasteiger partial charge in [0.25, 0.3) is 0 Å². The monoisotopic (exact) mass is 281 g/mol. The van der Waals surface area contributed by atoms with E-state index in [1.54, 1.807) is 6.07 Å². The van der Waals surface area contributed by atoms with Gasteiger partial charge in [0.15, 0.2) is 0 Å². The number of pyridine rings is 1. The van der Waals surface area contributed by atoms with E-state index in [1.165, 1.54) is 12.3 Å². The van der Waals surface area contributed by atoms with Crippen molar-refractivity contribution in [1.82, 2.24) is 15.2 Å². The zero-order valence-electron chi connectivity index (χ0n) is 12.1. The second-order valence-electron chi connectivity index (χ2n) is 5.37. The summed E-state index contributed by atoms with van der Waals surface area (Å²) < 4.78 is 12.9. The molecular weight excluding hydrogens is 257 g/mol. The molecule has 1 atom stereocenters. The molecule has 0 amide bonds. The Hall–Kier alpha value is -1.04. The van der Waals surface area contributed by atoms with Gasteiger partial charge in [0, 0.05) is 19.6 Å². The van der Waals surface area contributed by atoms with E-state index < -0.39 is 0 Å². The maximum atomic E-state index is 12.9. The number of halogens is 1. The molecule has 0 radical (unpaired) electrons. The Morgan fingerprint density at radius 2 is 2.20 bits per heavy atom. The van der Waals surface area contributed by atoms with Crippen LogP contribution in [0.2, 0.25) is 0 Å². The van der Waals surface area contributed by atoms with Crippen molar-refractivity contribution in [3.05, 3.63) is 29.8 Å². The molecule has 112 valence electrons. The number of piperidine rings is 1. The van der Waals surface area contributed by atoms with Crippen LogP contribution in [0.3, 0.4) is 0 Å². The van der Waals surface area contributed by atoms with Gasteiger partial charge in [-0.3, -0.25) is 4.98 Å². The molecule has 1 unspecified atom stereocenters. The number of hydrogen-bond acceptors (Lipinski definition) is 4. The van der Waals surface area contributed by atoms with E-state index in [4.69, 9.17) is 0 Å². The third kappa shape index (κ3) is 4.51. The first-order chi connectivity index (χ1) is 9.69. The molecule has 0 saturated carbocycles. The van der Waals surface area contributed by atoms with Crippen LogP contribution >= 0.6 is 0 Å². The van der Waals surface area contributed by atoms with Gasteiger partial charge in [0.1, 0.15) is 5.82 Å². The number of hydrogen-bond donors (Lipinski definition) is 2. The van der Waals surface area contributed by atoms with Crippen molar-refractivity contribution in [3.63, 3.8) is 0 Å². The van der Waals surface area contributed by atoms with Crippen molar-refractivity contribution in [2.24, 2.45) is 0 Å². The molecular formula is C15H24FN3O. The fraction of sp³-hybridized carbons (Fsp3) is 0.667. The van der Waals surface area contributed by atoms with Crippen molar-refractivity contribution in [2.45, 2.75) is 38.3 Å². The van der Waals surface area contributed by atoms with Crippen LogP contribution in [0.25, 0.3) is 0 Å². The Labute approximate surface area is 120 Å². The van der Waals surface area contributed by atoms with Gasteiger partial charge in [0.05, 0.1) is 24.0 Å². The summed E-state index contributed by atoms with van der Waals surface area (Å²) in [6.07, 6.45) is 3.82. The number of aromatic nitrogens is 1. The van der Waals surface area contributed by atoms with Gasteiger partial charge in [-0.15, -0.1) is 0 Å². The lowest BCUT2D eigenvalue weighted by Gasteiger charge is -2.30. The Morgan fingerprint density at radius 1 is 1.45 bits per heavy atom. The second-order valence-corrected chi connectivity index (χ2v) is 5.37. The van der Waals surface area contributed by atoms with Crippen LogP contribution in [0, 0.1) is 5.82 Å². The van der Waals surface area contributed by atoms with Crippen LogP contribution < -0.4 is 5.32 Å². The molecule has 2 N–H and O–H groups in total. The minimum Gasteiger partial charge on any atom is -0.393 e. The highest BCUT2D eigenvalue weighted by atomic mass is 19.1. The van der Waals surface area contributed by atoms with Gasteiger partial charge in [-0.25, -0.2) is 4.39 Å². The average molecular weight is 281 g/mol. The van der Waals surface area contributed by atoms with Crippen molar-refractivity contribution < 1.29 is 9.50 Å². The van der Waals surface area contributed by atoms with E-state index in [-0.39, 0.29) is 18.0 Å². The number of nitrogens with one attached hydrogen (secondary N) is 1. The Bertz CT molecular complexity index is 391. The molecule has 0 spiro atoms. The third-order valence-electron chi connectivity index (χ3n) is 3.85. The number of aliphatic hydroxyl groups excluding tert-OH is 1. The maximum Gasteiger partial charge on any atom is 0.141 e. The summed E-state index contributed by atoms with van der Waals surface area (Å²) >= 11 is 0. The fourth-order valence-corrected chi connectivity index (χ4v) is 2.65. The van der Waals surface area contributed by atoms with Crippen LogP contribution in [0.1, 0.15) is 37.9 Å². The lowest BCUT2D eigenvalue weighted by molar-refractivity contribution is 0.0806. The Balaban J connectivity index is 1.87. The van der Waals surface area contributed by atoms with Crippen LogP contribution in [0.4, 0.5) is 4.39 Å². The van der Waals surface area contributed by atoms with Gasteiger partial charge in [-0.1, -0.05) is 6.92 Å². The van der Waals surface area contributed by atoms with Gasteiger partial charge in [-0.05, 0) is 37.9 Å². The average Bonchev–Trinajstić information content (AvgIpc) is 2.46. The largest absolute Gasteiger partial charge is 0.393 e. The lowest BCUT2D eigenvalue weighted by Crippen LogP contribution is -2.37. The SMILES string of the molecule is CCNC(CCN1CCC(O)CC1)c1ccc(F)cn1. The molecule has 2 rings (SSSR count). The molecule has 4 nitrogen and oxygen atoms in total. The van der Waals surface area contributed by atoms with Crippen molar-refractivity contribution >= 4 is 0 Å². The Kier molecular flexibility index (Phi) is 5.88. The highest BCUT2D eigenvalue weighted by Gasteiger charge is 2.19. The van der Waals surface area contributed by atoms with Crippen LogP contribution in [0.15, 0.2) is 18.3 Å². The molecule has 0 bridgehead atoms. The van der Waals surface area contributed by atoms with Crippen LogP contribution in [-0.2, 0) is 0 Å². The molecule has 1 aliphatic heterocycles. The molecule has 0 aromatic carbocycles. The molecule has 5 heteroatoms. The molecule has 2 heterocycles. The number of aliphatic hydroxyl groups is 1. The first kappa shape index (κ1) is 15.4. The van der Waals surface area contributed by atoms with E-state index in [2.05, 4.69) is 22.1 Å². The van der Waals surface area contributed by atoms with Crippen LogP contribution in [-0.4, -0.2) is 47.3 Å². The summed E-state index contributed by atoms with van der Waals surface area (Å²) in [6.45, 7) is 5.81. The van der Waals surface area contributed by atoms with Crippen molar-refractivity contribution in [2.75, 3.05) is 26.2 Å². The Morgan fingerprint density at radius 3 is 2.80 bits per heavy atom. The third-order valence-corrected chi connectivity index (χ3v) is 3.85. The first-order valence-electron chi connectivity index (χ1n) is 7.44.